The first kappa shape index (κ1) is 27.1. The van der Waals surface area contributed by atoms with E-state index < -0.39 is 71.0 Å². The van der Waals surface area contributed by atoms with Crippen LogP contribution < -0.4 is 0 Å². The maximum absolute atomic E-state index is 14.3. The molecule has 3 rings (SSSR count). The zero-order valence-electron chi connectivity index (χ0n) is 21.4. The van der Waals surface area contributed by atoms with Gasteiger partial charge in [-0.2, -0.15) is 0 Å². The highest BCUT2D eigenvalue weighted by Crippen LogP contribution is 2.53. The van der Waals surface area contributed by atoms with E-state index in [1.54, 1.807) is 19.9 Å². The summed E-state index contributed by atoms with van der Waals surface area (Å²) in [5, 5.41) is 22.2. The van der Waals surface area contributed by atoms with Gasteiger partial charge in [0.1, 0.15) is 12.2 Å². The lowest BCUT2D eigenvalue weighted by Gasteiger charge is -2.51. The molecule has 0 aliphatic heterocycles. The number of esters is 3. The molecule has 0 spiro atoms. The number of Topliss-reactive ketones (excluding diaryl/α,β-unsaturated/α-hetero) is 1. The Morgan fingerprint density at radius 2 is 1.51 bits per heavy atom. The molecule has 0 aromatic rings. The van der Waals surface area contributed by atoms with Gasteiger partial charge in [-0.3, -0.25) is 19.2 Å². The van der Waals surface area contributed by atoms with Crippen LogP contribution in [0.5, 0.6) is 0 Å². The Hall–Kier alpha value is -2.52. The van der Waals surface area contributed by atoms with Crippen LogP contribution in [0.3, 0.4) is 0 Å². The number of rotatable bonds is 3. The van der Waals surface area contributed by atoms with Crippen LogP contribution in [0.1, 0.15) is 67.7 Å². The van der Waals surface area contributed by atoms with Crippen LogP contribution in [-0.2, 0) is 33.4 Å². The predicted octanol–water partition coefficient (Wildman–Crippen LogP) is 2.18. The Morgan fingerprint density at radius 1 is 0.943 bits per heavy atom. The quantitative estimate of drug-likeness (QED) is 0.345. The fourth-order valence-electron chi connectivity index (χ4n) is 6.14. The van der Waals surface area contributed by atoms with Crippen LogP contribution in [0.25, 0.3) is 0 Å². The van der Waals surface area contributed by atoms with E-state index in [1.165, 1.54) is 20.8 Å². The monoisotopic (exact) mass is 492 g/mol. The number of carbonyl (C=O) groups excluding carboxylic acids is 4. The molecule has 0 amide bonds. The zero-order valence-corrected chi connectivity index (χ0v) is 21.4. The highest BCUT2D eigenvalue weighted by atomic mass is 16.6. The van der Waals surface area contributed by atoms with Crippen molar-refractivity contribution in [3.05, 3.63) is 22.8 Å². The molecule has 7 unspecified atom stereocenters. The van der Waals surface area contributed by atoms with Crippen LogP contribution in [0.15, 0.2) is 22.8 Å². The first-order chi connectivity index (χ1) is 16.1. The summed E-state index contributed by atoms with van der Waals surface area (Å²) in [6, 6.07) is 0. The Bertz CT molecular complexity index is 991. The van der Waals surface area contributed by atoms with Gasteiger partial charge in [-0.15, -0.1) is 0 Å². The van der Waals surface area contributed by atoms with Gasteiger partial charge in [-0.05, 0) is 48.8 Å². The van der Waals surface area contributed by atoms with Crippen molar-refractivity contribution in [2.24, 2.45) is 16.7 Å². The van der Waals surface area contributed by atoms with Gasteiger partial charge in [0.15, 0.2) is 11.9 Å². The van der Waals surface area contributed by atoms with Crippen LogP contribution in [0, 0.1) is 16.7 Å². The number of carbonyl (C=O) groups is 4. The van der Waals surface area contributed by atoms with Crippen molar-refractivity contribution < 1.29 is 43.6 Å². The van der Waals surface area contributed by atoms with E-state index in [0.717, 1.165) is 0 Å². The number of ether oxygens (including phenoxy) is 3. The van der Waals surface area contributed by atoms with Crippen LogP contribution in [0.2, 0.25) is 0 Å². The average Bonchev–Trinajstić information content (AvgIpc) is 2.70. The maximum atomic E-state index is 14.3. The Labute approximate surface area is 205 Å². The first-order valence-corrected chi connectivity index (χ1v) is 11.9. The van der Waals surface area contributed by atoms with E-state index in [4.69, 9.17) is 14.2 Å². The predicted molar refractivity (Wildman–Crippen MR) is 124 cm³/mol. The zero-order chi connectivity index (χ0) is 26.5. The second kappa shape index (κ2) is 9.50. The van der Waals surface area contributed by atoms with Gasteiger partial charge in [0.25, 0.3) is 0 Å². The summed E-state index contributed by atoms with van der Waals surface area (Å²) < 4.78 is 16.7. The number of hydrogen-bond acceptors (Lipinski definition) is 9. The summed E-state index contributed by atoms with van der Waals surface area (Å²) in [7, 11) is 0. The van der Waals surface area contributed by atoms with Crippen molar-refractivity contribution in [2.75, 3.05) is 0 Å². The fourth-order valence-corrected chi connectivity index (χ4v) is 6.14. The van der Waals surface area contributed by atoms with E-state index in [1.807, 2.05) is 13.8 Å². The summed E-state index contributed by atoms with van der Waals surface area (Å²) in [6.07, 6.45) is -3.29. The van der Waals surface area contributed by atoms with E-state index in [0.29, 0.717) is 16.7 Å². The van der Waals surface area contributed by atoms with Gasteiger partial charge in [0.2, 0.25) is 0 Å². The molecule has 0 radical (unpaired) electrons. The minimum Gasteiger partial charge on any atom is -0.461 e. The molecular weight excluding hydrogens is 456 g/mol. The molecule has 0 aromatic carbocycles. The molecule has 194 valence electrons. The summed E-state index contributed by atoms with van der Waals surface area (Å²) >= 11 is 0. The van der Waals surface area contributed by atoms with Crippen molar-refractivity contribution in [1.82, 2.24) is 0 Å². The van der Waals surface area contributed by atoms with E-state index in [2.05, 4.69) is 0 Å². The molecule has 35 heavy (non-hydrogen) atoms. The van der Waals surface area contributed by atoms with Gasteiger partial charge in [-0.1, -0.05) is 19.9 Å². The summed E-state index contributed by atoms with van der Waals surface area (Å²) in [4.78, 5) is 50.3. The normalized spacial score (nSPS) is 36.6. The number of aliphatic hydroxyl groups excluding tert-OH is 2. The van der Waals surface area contributed by atoms with Crippen molar-refractivity contribution in [2.45, 2.75) is 98.2 Å². The molecule has 7 atom stereocenters. The highest BCUT2D eigenvalue weighted by molar-refractivity contribution is 5.94. The summed E-state index contributed by atoms with van der Waals surface area (Å²) in [6.45, 7) is 10.8. The number of fused-ring (bicyclic) bond motifs is 4. The number of ketones is 1. The Morgan fingerprint density at radius 3 is 2.06 bits per heavy atom. The molecule has 1 saturated carbocycles. The third-order valence-electron chi connectivity index (χ3n) is 7.90. The molecule has 0 saturated heterocycles. The van der Waals surface area contributed by atoms with Gasteiger partial charge in [0, 0.05) is 33.1 Å². The average molecular weight is 493 g/mol. The minimum absolute atomic E-state index is 0.0205. The SMILES string of the molecule is CC(=O)OC1CC2C(O)C=C3CC(C)(C(=O)C(OC(C)=O)C(=C1C)C2(C)C)C(OC(C)=O)CC3O. The van der Waals surface area contributed by atoms with E-state index >= 15 is 0 Å². The molecule has 9 heteroatoms. The Kier molecular flexibility index (Phi) is 7.35. The highest BCUT2D eigenvalue weighted by Gasteiger charge is 2.57. The summed E-state index contributed by atoms with van der Waals surface area (Å²) in [5.74, 6) is -2.78. The third kappa shape index (κ3) is 4.93. The first-order valence-electron chi connectivity index (χ1n) is 11.9. The van der Waals surface area contributed by atoms with Crippen molar-refractivity contribution >= 4 is 23.7 Å². The van der Waals surface area contributed by atoms with Crippen LogP contribution in [-0.4, -0.2) is 64.4 Å². The molecular formula is C26H36O9. The standard InChI is InChI=1S/C26H36O9/c1-12-20(33-13(2)27)9-17-19(31)8-16-11-26(7,21(10-18(16)30)34-14(3)28)24(32)23(35-15(4)29)22(12)25(17,5)6/h8,17-21,23,30-31H,9-11H2,1-7H3. The van der Waals surface area contributed by atoms with E-state index in [9.17, 15) is 29.4 Å². The second-order valence-corrected chi connectivity index (χ2v) is 10.8. The molecule has 9 nitrogen and oxygen atoms in total. The molecule has 2 N–H and O–H groups in total. The van der Waals surface area contributed by atoms with Crippen molar-refractivity contribution in [1.29, 1.82) is 0 Å². The number of hydrogen-bond donors (Lipinski definition) is 2. The largest absolute Gasteiger partial charge is 0.461 e. The lowest BCUT2D eigenvalue weighted by atomic mass is 9.57. The minimum atomic E-state index is -1.35. The topological polar surface area (TPSA) is 136 Å². The molecule has 0 heterocycles. The molecule has 0 aromatic heterocycles. The smallest absolute Gasteiger partial charge is 0.303 e. The van der Waals surface area contributed by atoms with Gasteiger partial charge < -0.3 is 24.4 Å². The molecule has 4 bridgehead atoms. The second-order valence-electron chi connectivity index (χ2n) is 10.8. The third-order valence-corrected chi connectivity index (χ3v) is 7.90. The van der Waals surface area contributed by atoms with Crippen LogP contribution in [0.4, 0.5) is 0 Å². The van der Waals surface area contributed by atoms with Crippen LogP contribution >= 0.6 is 0 Å². The van der Waals surface area contributed by atoms with E-state index in [-0.39, 0.29) is 19.3 Å². The lowest BCUT2D eigenvalue weighted by Crippen LogP contribution is -2.57. The number of aliphatic hydroxyl groups is 2. The molecule has 3 aliphatic rings. The summed E-state index contributed by atoms with van der Waals surface area (Å²) in [5.41, 5.74) is -0.697. The fraction of sp³-hybridized carbons (Fsp3) is 0.692. The van der Waals surface area contributed by atoms with Gasteiger partial charge in [0.05, 0.1) is 17.6 Å². The molecule has 1 fully saturated rings. The van der Waals surface area contributed by atoms with Crippen molar-refractivity contribution in [3.63, 3.8) is 0 Å². The van der Waals surface area contributed by atoms with Gasteiger partial charge in [-0.25, -0.2) is 0 Å². The van der Waals surface area contributed by atoms with Gasteiger partial charge >= 0.3 is 17.9 Å². The lowest BCUT2D eigenvalue weighted by molar-refractivity contribution is -0.170. The molecule has 3 aliphatic carbocycles. The van der Waals surface area contributed by atoms with Crippen molar-refractivity contribution in [3.8, 4) is 0 Å². The maximum Gasteiger partial charge on any atom is 0.303 e. The Balaban J connectivity index is 2.32.